The summed E-state index contributed by atoms with van der Waals surface area (Å²) in [5.41, 5.74) is 2.35. The van der Waals surface area contributed by atoms with E-state index in [9.17, 15) is 0 Å². The highest BCUT2D eigenvalue weighted by Crippen LogP contribution is 2.33. The van der Waals surface area contributed by atoms with Gasteiger partial charge < -0.3 is 10.2 Å². The molecule has 0 spiro atoms. The fraction of sp³-hybridized carbons (Fsp3) is 0.500. The van der Waals surface area contributed by atoms with Crippen LogP contribution in [0.4, 0.5) is 5.69 Å². The zero-order valence-corrected chi connectivity index (χ0v) is 11.6. The van der Waals surface area contributed by atoms with Gasteiger partial charge in [0.25, 0.3) is 0 Å². The van der Waals surface area contributed by atoms with Gasteiger partial charge in [-0.25, -0.2) is 9.97 Å². The van der Waals surface area contributed by atoms with Crippen LogP contribution in [-0.2, 0) is 0 Å². The maximum absolute atomic E-state index is 4.39. The Bertz CT molecular complexity index is 605. The van der Waals surface area contributed by atoms with E-state index in [0.717, 1.165) is 18.6 Å². The van der Waals surface area contributed by atoms with Crippen molar-refractivity contribution in [3.05, 3.63) is 30.7 Å². The summed E-state index contributed by atoms with van der Waals surface area (Å²) in [5.74, 6) is 0. The van der Waals surface area contributed by atoms with Gasteiger partial charge in [-0.05, 0) is 25.0 Å². The minimum atomic E-state index is 0.628. The molecule has 20 heavy (non-hydrogen) atoms. The number of nitrogens with one attached hydrogen (secondary N) is 1. The highest BCUT2D eigenvalue weighted by Gasteiger charge is 2.33. The van der Waals surface area contributed by atoms with Crippen molar-refractivity contribution in [1.82, 2.24) is 15.3 Å². The second-order valence-corrected chi connectivity index (χ2v) is 5.84. The zero-order valence-electron chi connectivity index (χ0n) is 11.6. The van der Waals surface area contributed by atoms with Gasteiger partial charge in [-0.15, -0.1) is 0 Å². The molecule has 2 heterocycles. The summed E-state index contributed by atoms with van der Waals surface area (Å²) >= 11 is 0. The Balaban J connectivity index is 1.77. The van der Waals surface area contributed by atoms with Crippen LogP contribution in [0.2, 0.25) is 0 Å². The summed E-state index contributed by atoms with van der Waals surface area (Å²) in [6.07, 6.45) is 8.90. The van der Waals surface area contributed by atoms with Crippen molar-refractivity contribution in [2.45, 2.75) is 37.8 Å². The number of anilines is 1. The smallest absolute Gasteiger partial charge is 0.116 e. The maximum Gasteiger partial charge on any atom is 0.116 e. The van der Waals surface area contributed by atoms with Crippen LogP contribution in [0, 0.1) is 0 Å². The van der Waals surface area contributed by atoms with Gasteiger partial charge in [-0.2, -0.15) is 0 Å². The second kappa shape index (κ2) is 5.02. The van der Waals surface area contributed by atoms with E-state index >= 15 is 0 Å². The van der Waals surface area contributed by atoms with Crippen molar-refractivity contribution < 1.29 is 0 Å². The summed E-state index contributed by atoms with van der Waals surface area (Å²) < 4.78 is 0. The fourth-order valence-corrected chi connectivity index (χ4v) is 3.80. The Kier molecular flexibility index (Phi) is 3.03. The Morgan fingerprint density at radius 2 is 2.15 bits per heavy atom. The van der Waals surface area contributed by atoms with E-state index in [-0.39, 0.29) is 0 Å². The van der Waals surface area contributed by atoms with Crippen molar-refractivity contribution in [3.8, 4) is 0 Å². The molecule has 2 fully saturated rings. The SMILES string of the molecule is c1cc(N2CCNC3CCCCC32)c2cncnc2c1. The molecule has 0 amide bonds. The third-order valence-corrected chi connectivity index (χ3v) is 4.73. The van der Waals surface area contributed by atoms with Crippen LogP contribution >= 0.6 is 0 Å². The lowest BCUT2D eigenvalue weighted by molar-refractivity contribution is 0.284. The molecule has 1 aliphatic carbocycles. The summed E-state index contributed by atoms with van der Waals surface area (Å²) in [6.45, 7) is 2.15. The molecule has 104 valence electrons. The lowest BCUT2D eigenvalue weighted by Crippen LogP contribution is -2.59. The number of fused-ring (bicyclic) bond motifs is 2. The molecule has 4 rings (SSSR count). The number of aromatic nitrogens is 2. The Morgan fingerprint density at radius 1 is 1.20 bits per heavy atom. The van der Waals surface area contributed by atoms with Crippen LogP contribution in [0.1, 0.15) is 25.7 Å². The minimum absolute atomic E-state index is 0.628. The van der Waals surface area contributed by atoms with E-state index in [0.29, 0.717) is 12.1 Å². The van der Waals surface area contributed by atoms with Gasteiger partial charge in [0.1, 0.15) is 6.33 Å². The van der Waals surface area contributed by atoms with Gasteiger partial charge in [0, 0.05) is 42.4 Å². The number of hydrogen-bond acceptors (Lipinski definition) is 4. The second-order valence-electron chi connectivity index (χ2n) is 5.84. The van der Waals surface area contributed by atoms with Gasteiger partial charge in [0.05, 0.1) is 5.52 Å². The number of nitrogens with zero attached hydrogens (tertiary/aromatic N) is 3. The van der Waals surface area contributed by atoms with Gasteiger partial charge >= 0.3 is 0 Å². The average molecular weight is 268 g/mol. The third-order valence-electron chi connectivity index (χ3n) is 4.73. The van der Waals surface area contributed by atoms with Gasteiger partial charge in [-0.1, -0.05) is 18.9 Å². The number of piperazine rings is 1. The molecule has 1 saturated carbocycles. The molecule has 0 radical (unpaired) electrons. The molecule has 0 bridgehead atoms. The summed E-state index contributed by atoms with van der Waals surface area (Å²) in [6, 6.07) is 7.69. The Morgan fingerprint density at radius 3 is 3.15 bits per heavy atom. The van der Waals surface area contributed by atoms with Crippen LogP contribution in [0.25, 0.3) is 10.9 Å². The van der Waals surface area contributed by atoms with E-state index in [1.54, 1.807) is 6.33 Å². The predicted octanol–water partition coefficient (Wildman–Crippen LogP) is 2.35. The standard InChI is InChI=1S/C16H20N4/c1-2-6-16-14(4-1)18-8-9-20(16)15-7-3-5-13-12(15)10-17-11-19-13/h3,5,7,10-11,14,16,18H,1-2,4,6,8-9H2. The first-order chi connectivity index (χ1) is 9.93. The normalized spacial score (nSPS) is 26.5. The first-order valence-corrected chi connectivity index (χ1v) is 7.62. The van der Waals surface area contributed by atoms with Crippen LogP contribution in [0.3, 0.4) is 0 Å². The van der Waals surface area contributed by atoms with Crippen molar-refractivity contribution in [2.24, 2.45) is 0 Å². The Labute approximate surface area is 119 Å². The monoisotopic (exact) mass is 268 g/mol. The van der Waals surface area contributed by atoms with Gasteiger partial charge in [0.2, 0.25) is 0 Å². The molecule has 2 aromatic rings. The lowest BCUT2D eigenvalue weighted by atomic mass is 9.87. The molecular formula is C16H20N4. The molecule has 2 atom stereocenters. The molecule has 1 aromatic heterocycles. The average Bonchev–Trinajstić information content (AvgIpc) is 2.54. The van der Waals surface area contributed by atoms with E-state index in [4.69, 9.17) is 0 Å². The van der Waals surface area contributed by atoms with Crippen molar-refractivity contribution in [3.63, 3.8) is 0 Å². The lowest BCUT2D eigenvalue weighted by Gasteiger charge is -2.46. The van der Waals surface area contributed by atoms with Crippen LogP contribution in [-0.4, -0.2) is 35.1 Å². The molecule has 1 aromatic carbocycles. The molecule has 1 saturated heterocycles. The quantitative estimate of drug-likeness (QED) is 0.862. The first kappa shape index (κ1) is 12.1. The van der Waals surface area contributed by atoms with Crippen molar-refractivity contribution in [1.29, 1.82) is 0 Å². The number of rotatable bonds is 1. The largest absolute Gasteiger partial charge is 0.365 e. The summed E-state index contributed by atoms with van der Waals surface area (Å²) in [4.78, 5) is 11.2. The number of benzene rings is 1. The van der Waals surface area contributed by atoms with E-state index < -0.39 is 0 Å². The fourth-order valence-electron chi connectivity index (χ4n) is 3.80. The third kappa shape index (κ3) is 1.95. The molecule has 1 N–H and O–H groups in total. The molecule has 4 heteroatoms. The van der Waals surface area contributed by atoms with Gasteiger partial charge in [0.15, 0.2) is 0 Å². The van der Waals surface area contributed by atoms with Crippen LogP contribution in [0.15, 0.2) is 30.7 Å². The van der Waals surface area contributed by atoms with Crippen molar-refractivity contribution >= 4 is 16.6 Å². The molecule has 1 aliphatic heterocycles. The number of hydrogen-bond donors (Lipinski definition) is 1. The predicted molar refractivity (Wildman–Crippen MR) is 80.9 cm³/mol. The summed E-state index contributed by atoms with van der Waals surface area (Å²) in [5, 5.41) is 4.88. The molecule has 4 nitrogen and oxygen atoms in total. The van der Waals surface area contributed by atoms with Gasteiger partial charge in [-0.3, -0.25) is 0 Å². The van der Waals surface area contributed by atoms with E-state index in [2.05, 4.69) is 38.4 Å². The van der Waals surface area contributed by atoms with Crippen molar-refractivity contribution in [2.75, 3.05) is 18.0 Å². The topological polar surface area (TPSA) is 41.0 Å². The highest BCUT2D eigenvalue weighted by atomic mass is 15.2. The maximum atomic E-state index is 4.39. The minimum Gasteiger partial charge on any atom is -0.365 e. The van der Waals surface area contributed by atoms with E-state index in [1.165, 1.54) is 36.8 Å². The summed E-state index contributed by atoms with van der Waals surface area (Å²) in [7, 11) is 0. The first-order valence-electron chi connectivity index (χ1n) is 7.62. The molecule has 2 aliphatic rings. The van der Waals surface area contributed by atoms with Crippen LogP contribution in [0.5, 0.6) is 0 Å². The molecule has 2 unspecified atom stereocenters. The molecular weight excluding hydrogens is 248 g/mol. The van der Waals surface area contributed by atoms with Crippen LogP contribution < -0.4 is 10.2 Å². The highest BCUT2D eigenvalue weighted by molar-refractivity contribution is 5.91. The Hall–Kier alpha value is -1.68. The van der Waals surface area contributed by atoms with E-state index in [1.807, 2.05) is 6.20 Å². The zero-order chi connectivity index (χ0) is 13.4.